The normalized spacial score (nSPS) is 32.9. The number of hydrogen-bond donors (Lipinski definition) is 1. The van der Waals surface area contributed by atoms with Gasteiger partial charge in [0.1, 0.15) is 5.15 Å². The molecule has 0 aliphatic carbocycles. The van der Waals surface area contributed by atoms with Crippen molar-refractivity contribution in [3.05, 3.63) is 29.0 Å². The fourth-order valence-corrected chi connectivity index (χ4v) is 3.44. The number of fused-ring (bicyclic) bond motifs is 1. The number of aromatic nitrogens is 1. The Balaban J connectivity index is 1.70. The van der Waals surface area contributed by atoms with Crippen LogP contribution in [0.5, 0.6) is 0 Å². The summed E-state index contributed by atoms with van der Waals surface area (Å²) in [6, 6.07) is 4.70. The first-order chi connectivity index (χ1) is 8.24. The Kier molecular flexibility index (Phi) is 3.07. The van der Waals surface area contributed by atoms with E-state index in [2.05, 4.69) is 28.2 Å². The standard InChI is InChI=1S/C13H18ClN3/c1-9-12-6-15-5-11(12)8-17(9)7-10-2-3-16-13(14)4-10/h2-4,9,11-12,15H,5-8H2,1H3. The van der Waals surface area contributed by atoms with Crippen LogP contribution in [0.15, 0.2) is 18.3 Å². The van der Waals surface area contributed by atoms with Crippen LogP contribution >= 0.6 is 11.6 Å². The van der Waals surface area contributed by atoms with E-state index in [1.807, 2.05) is 6.07 Å². The largest absolute Gasteiger partial charge is 0.316 e. The van der Waals surface area contributed by atoms with Crippen LogP contribution in [-0.2, 0) is 6.54 Å². The number of nitrogens with one attached hydrogen (secondary N) is 1. The monoisotopic (exact) mass is 251 g/mol. The molecule has 1 N–H and O–H groups in total. The summed E-state index contributed by atoms with van der Waals surface area (Å²) in [6.45, 7) is 6.91. The van der Waals surface area contributed by atoms with E-state index in [1.165, 1.54) is 25.2 Å². The van der Waals surface area contributed by atoms with Crippen LogP contribution in [0.3, 0.4) is 0 Å². The molecule has 0 radical (unpaired) electrons. The van der Waals surface area contributed by atoms with Crippen molar-refractivity contribution in [3.8, 4) is 0 Å². The Hall–Kier alpha value is -0.640. The minimum absolute atomic E-state index is 0.594. The molecule has 0 bridgehead atoms. The minimum Gasteiger partial charge on any atom is -0.316 e. The highest BCUT2D eigenvalue weighted by Gasteiger charge is 2.41. The van der Waals surface area contributed by atoms with Gasteiger partial charge in [0.05, 0.1) is 0 Å². The molecule has 3 heterocycles. The minimum atomic E-state index is 0.594. The van der Waals surface area contributed by atoms with Crippen molar-refractivity contribution in [3.63, 3.8) is 0 Å². The van der Waals surface area contributed by atoms with Gasteiger partial charge < -0.3 is 5.32 Å². The Labute approximate surface area is 107 Å². The van der Waals surface area contributed by atoms with Gasteiger partial charge in [-0.05, 0) is 49.5 Å². The van der Waals surface area contributed by atoms with Crippen LogP contribution < -0.4 is 5.32 Å². The molecule has 0 aromatic carbocycles. The van der Waals surface area contributed by atoms with E-state index in [-0.39, 0.29) is 0 Å². The zero-order chi connectivity index (χ0) is 11.8. The Bertz CT molecular complexity index is 409. The molecule has 2 aliphatic rings. The summed E-state index contributed by atoms with van der Waals surface area (Å²) in [5.41, 5.74) is 1.27. The third-order valence-electron chi connectivity index (χ3n) is 4.23. The average Bonchev–Trinajstić information content (AvgIpc) is 2.84. The van der Waals surface area contributed by atoms with Crippen molar-refractivity contribution in [1.29, 1.82) is 0 Å². The van der Waals surface area contributed by atoms with Gasteiger partial charge in [0, 0.05) is 25.3 Å². The molecule has 92 valence electrons. The van der Waals surface area contributed by atoms with Crippen molar-refractivity contribution in [2.24, 2.45) is 11.8 Å². The first-order valence-electron chi connectivity index (χ1n) is 6.29. The quantitative estimate of drug-likeness (QED) is 0.813. The van der Waals surface area contributed by atoms with Gasteiger partial charge >= 0.3 is 0 Å². The van der Waals surface area contributed by atoms with E-state index in [1.54, 1.807) is 6.20 Å². The van der Waals surface area contributed by atoms with Crippen LogP contribution in [0.1, 0.15) is 12.5 Å². The Morgan fingerprint density at radius 3 is 3.18 bits per heavy atom. The smallest absolute Gasteiger partial charge is 0.129 e. The van der Waals surface area contributed by atoms with Gasteiger partial charge in [0.15, 0.2) is 0 Å². The van der Waals surface area contributed by atoms with Crippen molar-refractivity contribution >= 4 is 11.6 Å². The molecular weight excluding hydrogens is 234 g/mol. The van der Waals surface area contributed by atoms with E-state index in [4.69, 9.17) is 11.6 Å². The Morgan fingerprint density at radius 1 is 1.53 bits per heavy atom. The topological polar surface area (TPSA) is 28.2 Å². The first-order valence-corrected chi connectivity index (χ1v) is 6.67. The highest BCUT2D eigenvalue weighted by Crippen LogP contribution is 2.33. The molecule has 4 heteroatoms. The summed E-state index contributed by atoms with van der Waals surface area (Å²) in [5.74, 6) is 1.66. The summed E-state index contributed by atoms with van der Waals surface area (Å²) in [5, 5.41) is 4.08. The number of halogens is 1. The molecule has 0 amide bonds. The van der Waals surface area contributed by atoms with E-state index < -0.39 is 0 Å². The third kappa shape index (κ3) is 2.19. The second-order valence-corrected chi connectivity index (χ2v) is 5.63. The lowest BCUT2D eigenvalue weighted by Crippen LogP contribution is -2.32. The predicted molar refractivity (Wildman–Crippen MR) is 69.0 cm³/mol. The molecule has 3 rings (SSSR count). The zero-order valence-electron chi connectivity index (χ0n) is 10.1. The predicted octanol–water partition coefficient (Wildman–Crippen LogP) is 1.77. The van der Waals surface area contributed by atoms with Gasteiger partial charge in [-0.1, -0.05) is 11.6 Å². The van der Waals surface area contributed by atoms with Crippen molar-refractivity contribution in [1.82, 2.24) is 15.2 Å². The molecule has 2 aliphatic heterocycles. The van der Waals surface area contributed by atoms with Gasteiger partial charge in [0.25, 0.3) is 0 Å². The highest BCUT2D eigenvalue weighted by atomic mass is 35.5. The van der Waals surface area contributed by atoms with Gasteiger partial charge in [-0.3, -0.25) is 4.90 Å². The maximum Gasteiger partial charge on any atom is 0.129 e. The molecule has 2 saturated heterocycles. The van der Waals surface area contributed by atoms with Crippen molar-refractivity contribution in [2.75, 3.05) is 19.6 Å². The SMILES string of the molecule is CC1C2CNCC2CN1Cc1ccnc(Cl)c1. The second kappa shape index (κ2) is 4.56. The van der Waals surface area contributed by atoms with E-state index in [0.717, 1.165) is 18.4 Å². The first kappa shape index (κ1) is 11.5. The fraction of sp³-hybridized carbons (Fsp3) is 0.615. The summed E-state index contributed by atoms with van der Waals surface area (Å²) in [7, 11) is 0. The summed E-state index contributed by atoms with van der Waals surface area (Å²) in [6.07, 6.45) is 1.79. The molecule has 1 aromatic rings. The number of nitrogens with zero attached hydrogens (tertiary/aromatic N) is 2. The lowest BCUT2D eigenvalue weighted by molar-refractivity contribution is 0.231. The molecule has 0 spiro atoms. The number of rotatable bonds is 2. The summed E-state index contributed by atoms with van der Waals surface area (Å²) >= 11 is 5.92. The highest BCUT2D eigenvalue weighted by molar-refractivity contribution is 6.29. The lowest BCUT2D eigenvalue weighted by Gasteiger charge is -2.24. The molecule has 3 atom stereocenters. The molecule has 17 heavy (non-hydrogen) atoms. The van der Waals surface area contributed by atoms with E-state index in [0.29, 0.717) is 11.2 Å². The fourth-order valence-electron chi connectivity index (χ4n) is 3.24. The van der Waals surface area contributed by atoms with Crippen LogP contribution in [0, 0.1) is 11.8 Å². The molecule has 3 nitrogen and oxygen atoms in total. The van der Waals surface area contributed by atoms with Crippen molar-refractivity contribution in [2.45, 2.75) is 19.5 Å². The Morgan fingerprint density at radius 2 is 2.41 bits per heavy atom. The van der Waals surface area contributed by atoms with Crippen LogP contribution in [0.25, 0.3) is 0 Å². The van der Waals surface area contributed by atoms with Gasteiger partial charge in [-0.25, -0.2) is 4.98 Å². The molecule has 0 saturated carbocycles. The maximum absolute atomic E-state index is 5.92. The van der Waals surface area contributed by atoms with E-state index >= 15 is 0 Å². The number of pyridine rings is 1. The second-order valence-electron chi connectivity index (χ2n) is 5.24. The van der Waals surface area contributed by atoms with Crippen LogP contribution in [0.2, 0.25) is 5.15 Å². The number of likely N-dealkylation sites (tertiary alicyclic amines) is 1. The zero-order valence-corrected chi connectivity index (χ0v) is 10.8. The molecule has 1 aromatic heterocycles. The number of hydrogen-bond acceptors (Lipinski definition) is 3. The van der Waals surface area contributed by atoms with Gasteiger partial charge in [-0.2, -0.15) is 0 Å². The summed E-state index contributed by atoms with van der Waals surface area (Å²) < 4.78 is 0. The van der Waals surface area contributed by atoms with E-state index in [9.17, 15) is 0 Å². The maximum atomic E-state index is 5.92. The van der Waals surface area contributed by atoms with Crippen molar-refractivity contribution < 1.29 is 0 Å². The molecular formula is C13H18ClN3. The van der Waals surface area contributed by atoms with Crippen LogP contribution in [-0.4, -0.2) is 35.6 Å². The van der Waals surface area contributed by atoms with Gasteiger partial charge in [0.2, 0.25) is 0 Å². The third-order valence-corrected chi connectivity index (χ3v) is 4.44. The molecule has 2 fully saturated rings. The van der Waals surface area contributed by atoms with Gasteiger partial charge in [-0.15, -0.1) is 0 Å². The van der Waals surface area contributed by atoms with Crippen LogP contribution in [0.4, 0.5) is 0 Å². The average molecular weight is 252 g/mol. The lowest BCUT2D eigenvalue weighted by atomic mass is 9.95. The molecule has 3 unspecified atom stereocenters. The summed E-state index contributed by atoms with van der Waals surface area (Å²) in [4.78, 5) is 6.60.